The Labute approximate surface area is 391 Å². The predicted octanol–water partition coefficient (Wildman–Crippen LogP) is 11.1. The lowest BCUT2D eigenvalue weighted by atomic mass is 9.50. The molecule has 0 spiro atoms. The number of phenolic OH excluding ortho intramolecular Hbond substituents is 1. The van der Waals surface area contributed by atoms with Crippen molar-refractivity contribution in [1.82, 2.24) is 0 Å². The SMILES string of the molecule is CC(F)(F)C(OC(=O)CCCOC(=O)c1cc(I)cc(I)c1I)C(F)(F)F.CC(F)C(=O)OCC12CC3CC(CC(C3)C1)C2.Oc1ccc([S+]2CCOCC2)cc1C(F)(F)F. The van der Waals surface area contributed by atoms with Crippen molar-refractivity contribution in [3.63, 3.8) is 0 Å². The second-order valence-electron chi connectivity index (χ2n) is 15.7. The molecule has 1 saturated heterocycles. The summed E-state index contributed by atoms with van der Waals surface area (Å²) in [4.78, 5) is 35.4. The van der Waals surface area contributed by atoms with Gasteiger partial charge in [-0.25, -0.2) is 22.8 Å². The first-order chi connectivity index (χ1) is 28.3. The maximum absolute atomic E-state index is 13.0. The molecule has 61 heavy (non-hydrogen) atoms. The molecule has 2 aromatic rings. The fraction of sp³-hybridized carbons (Fsp3) is 0.625. The second-order valence-corrected chi connectivity index (χ2v) is 21.4. The summed E-state index contributed by atoms with van der Waals surface area (Å²) in [5.41, 5.74) is -0.425. The summed E-state index contributed by atoms with van der Waals surface area (Å²) in [6, 6.07) is 7.22. The summed E-state index contributed by atoms with van der Waals surface area (Å²) in [5, 5.41) is 9.23. The van der Waals surface area contributed by atoms with Crippen LogP contribution < -0.4 is 0 Å². The fourth-order valence-corrected chi connectivity index (χ4v) is 12.5. The Morgan fingerprint density at radius 1 is 0.902 bits per heavy atom. The number of alkyl halides is 9. The summed E-state index contributed by atoms with van der Waals surface area (Å²) in [7, 11) is -0.198. The van der Waals surface area contributed by atoms with Crippen LogP contribution in [0.1, 0.15) is 81.1 Å². The molecule has 4 aliphatic carbocycles. The molecular formula is C40H45F9I3O8S+. The van der Waals surface area contributed by atoms with Crippen molar-refractivity contribution in [3.05, 3.63) is 52.2 Å². The largest absolute Gasteiger partial charge is 0.507 e. The van der Waals surface area contributed by atoms with Crippen LogP contribution in [0, 0.1) is 33.9 Å². The van der Waals surface area contributed by atoms with E-state index in [0.717, 1.165) is 48.5 Å². The van der Waals surface area contributed by atoms with Gasteiger partial charge in [0.1, 0.15) is 22.8 Å². The maximum Gasteiger partial charge on any atom is 0.431 e. The van der Waals surface area contributed by atoms with Gasteiger partial charge >= 0.3 is 30.3 Å². The molecule has 2 aromatic carbocycles. The molecule has 2 atom stereocenters. The van der Waals surface area contributed by atoms with E-state index in [0.29, 0.717) is 33.8 Å². The van der Waals surface area contributed by atoms with Gasteiger partial charge in [0.2, 0.25) is 0 Å². The smallest absolute Gasteiger partial charge is 0.431 e. The minimum Gasteiger partial charge on any atom is -0.507 e. The highest BCUT2D eigenvalue weighted by Gasteiger charge is 2.56. The molecule has 4 saturated carbocycles. The number of benzene rings is 2. The van der Waals surface area contributed by atoms with Crippen LogP contribution in [0.25, 0.3) is 0 Å². The first kappa shape index (κ1) is 52.1. The molecular weight excluding hydrogens is 1190 g/mol. The van der Waals surface area contributed by atoms with Gasteiger partial charge in [0.25, 0.3) is 12.0 Å². The molecule has 1 heterocycles. The van der Waals surface area contributed by atoms with Gasteiger partial charge in [-0.2, -0.15) is 26.3 Å². The van der Waals surface area contributed by atoms with Crippen molar-refractivity contribution in [3.8, 4) is 5.75 Å². The Morgan fingerprint density at radius 2 is 1.48 bits per heavy atom. The lowest BCUT2D eigenvalue weighted by molar-refractivity contribution is -0.273. The third-order valence-corrected chi connectivity index (χ3v) is 16.5. The molecule has 0 aromatic heterocycles. The van der Waals surface area contributed by atoms with Gasteiger partial charge < -0.3 is 24.1 Å². The van der Waals surface area contributed by atoms with Crippen LogP contribution in [-0.4, -0.2) is 85.3 Å². The summed E-state index contributed by atoms with van der Waals surface area (Å²) in [6.07, 6.45) is -7.91. The Hall–Kier alpha value is -1.48. The van der Waals surface area contributed by atoms with E-state index >= 15 is 0 Å². The Kier molecular flexibility index (Phi) is 18.9. The fourth-order valence-electron chi connectivity index (χ4n) is 8.30. The van der Waals surface area contributed by atoms with Crippen LogP contribution in [0.5, 0.6) is 5.75 Å². The van der Waals surface area contributed by atoms with Crippen molar-refractivity contribution < 1.29 is 78.0 Å². The first-order valence-corrected chi connectivity index (χ1v) is 24.0. The summed E-state index contributed by atoms with van der Waals surface area (Å²) < 4.78 is 136. The number of hydrogen-bond donors (Lipinski definition) is 1. The van der Waals surface area contributed by atoms with Gasteiger partial charge in [0.15, 0.2) is 11.1 Å². The van der Waals surface area contributed by atoms with Gasteiger partial charge in [-0.05, 0) is 162 Å². The Bertz CT molecular complexity index is 1790. The highest BCUT2D eigenvalue weighted by molar-refractivity contribution is 14.1. The highest BCUT2D eigenvalue weighted by atomic mass is 127. The highest BCUT2D eigenvalue weighted by Crippen LogP contribution is 2.60. The zero-order chi connectivity index (χ0) is 45.5. The van der Waals surface area contributed by atoms with E-state index in [2.05, 4.69) is 27.3 Å². The second kappa shape index (κ2) is 22.1. The van der Waals surface area contributed by atoms with E-state index in [1.807, 2.05) is 51.2 Å². The number of aromatic hydroxyl groups is 1. The van der Waals surface area contributed by atoms with Crippen LogP contribution in [0.3, 0.4) is 0 Å². The van der Waals surface area contributed by atoms with E-state index in [-0.39, 0.29) is 36.3 Å². The first-order valence-electron chi connectivity index (χ1n) is 19.2. The van der Waals surface area contributed by atoms with Crippen LogP contribution in [0.2, 0.25) is 0 Å². The number of carbonyl (C=O) groups excluding carboxylic acids is 3. The van der Waals surface area contributed by atoms with E-state index in [1.54, 1.807) is 12.1 Å². The van der Waals surface area contributed by atoms with Crippen LogP contribution in [0.15, 0.2) is 35.2 Å². The van der Waals surface area contributed by atoms with Crippen molar-refractivity contribution >= 4 is 96.6 Å². The predicted molar refractivity (Wildman–Crippen MR) is 232 cm³/mol. The number of hydrogen-bond acceptors (Lipinski definition) is 8. The monoisotopic (exact) mass is 1240 g/mol. The molecule has 4 bridgehead atoms. The number of halogens is 12. The molecule has 7 rings (SSSR count). The topological polar surface area (TPSA) is 108 Å². The quantitative estimate of drug-likeness (QED) is 0.0451. The van der Waals surface area contributed by atoms with Gasteiger partial charge in [0, 0.05) is 46.4 Å². The Morgan fingerprint density at radius 3 is 1.98 bits per heavy atom. The van der Waals surface area contributed by atoms with Crippen molar-refractivity contribution in [1.29, 1.82) is 0 Å². The number of ether oxygens (including phenoxy) is 4. The average Bonchev–Trinajstić information content (AvgIpc) is 3.15. The van der Waals surface area contributed by atoms with Gasteiger partial charge in [-0.3, -0.25) is 4.79 Å². The van der Waals surface area contributed by atoms with Crippen molar-refractivity contribution in [2.24, 2.45) is 23.2 Å². The molecule has 8 nitrogen and oxygen atoms in total. The summed E-state index contributed by atoms with van der Waals surface area (Å²) in [6.45, 7) is 2.64. The zero-order valence-electron chi connectivity index (χ0n) is 32.9. The molecule has 0 amide bonds. The van der Waals surface area contributed by atoms with Gasteiger partial charge in [0.05, 0.1) is 32.0 Å². The Balaban J connectivity index is 0.000000209. The number of esters is 3. The third-order valence-electron chi connectivity index (χ3n) is 10.5. The van der Waals surface area contributed by atoms with Crippen molar-refractivity contribution in [2.45, 2.75) is 101 Å². The lowest BCUT2D eigenvalue weighted by Gasteiger charge is -2.56. The minimum atomic E-state index is -5.39. The molecule has 342 valence electrons. The van der Waals surface area contributed by atoms with Crippen molar-refractivity contribution in [2.75, 3.05) is 37.9 Å². The van der Waals surface area contributed by atoms with Gasteiger partial charge in [-0.1, -0.05) is 0 Å². The average molecular weight is 1240 g/mol. The maximum atomic E-state index is 13.0. The number of phenols is 1. The standard InChI is InChI=1S/C15H12F5I3O4.C14H21FO2.C11H11F3O2S/c1-14(16,17)13(15(18,19)20)27-10(24)3-2-4-26-12(25)8-5-7(21)6-9(22)11(8)23;1-9(15)13(16)17-8-14-5-10-2-11(6-14)4-12(3-10)7-14;12-11(13,14)9-7-8(1-2-10(9)15)17-5-3-16-4-6-17/h5-6,13H,2-4H2,1H3;9-12H,2-8H2,1H3;1-2,7H,3-6H2/p+1. The zero-order valence-corrected chi connectivity index (χ0v) is 40.2. The number of rotatable bonds is 11. The number of carbonyl (C=O) groups is 3. The van der Waals surface area contributed by atoms with Crippen LogP contribution >= 0.6 is 67.8 Å². The normalized spacial score (nSPS) is 23.4. The molecule has 21 heteroatoms. The van der Waals surface area contributed by atoms with Gasteiger partial charge in [-0.15, -0.1) is 0 Å². The minimum absolute atomic E-state index is 0.0183. The van der Waals surface area contributed by atoms with E-state index in [9.17, 15) is 59.0 Å². The summed E-state index contributed by atoms with van der Waals surface area (Å²) in [5.74, 6) is -3.71. The molecule has 2 unspecified atom stereocenters. The van der Waals surface area contributed by atoms with E-state index in [1.165, 1.54) is 45.4 Å². The van der Waals surface area contributed by atoms with E-state index in [4.69, 9.17) is 14.2 Å². The molecule has 5 aliphatic rings. The molecule has 0 radical (unpaired) electrons. The molecule has 1 aliphatic heterocycles. The molecule has 5 fully saturated rings. The van der Waals surface area contributed by atoms with E-state index < -0.39 is 66.2 Å². The molecule has 1 N–H and O–H groups in total. The lowest BCUT2D eigenvalue weighted by Crippen LogP contribution is -2.48. The summed E-state index contributed by atoms with van der Waals surface area (Å²) >= 11 is 6.05. The third kappa shape index (κ3) is 15.6. The van der Waals surface area contributed by atoms with Crippen LogP contribution in [0.4, 0.5) is 39.5 Å². The van der Waals surface area contributed by atoms with Crippen LogP contribution in [-0.2, 0) is 45.6 Å².